The first-order valence-electron chi connectivity index (χ1n) is 19.9. The van der Waals surface area contributed by atoms with Gasteiger partial charge in [0.2, 0.25) is 0 Å². The van der Waals surface area contributed by atoms with Gasteiger partial charge in [0, 0.05) is 73.5 Å². The molecule has 3 aromatic heterocycles. The zero-order chi connectivity index (χ0) is 41.2. The fourth-order valence-corrected chi connectivity index (χ4v) is 7.66. The number of quaternary nitrogens is 1. The number of nitriles is 1. The van der Waals surface area contributed by atoms with Gasteiger partial charge in [-0.3, -0.25) is 0 Å². The van der Waals surface area contributed by atoms with Gasteiger partial charge in [-0.25, -0.2) is 19.1 Å². The minimum absolute atomic E-state index is 0.718. The number of nitrogens with zero attached hydrogens (tertiary/aromatic N) is 5. The number of hydrogen-bond acceptors (Lipinski definition) is 4. The fraction of sp³-hybridized carbons (Fsp3) is 0.204. The van der Waals surface area contributed by atoms with Crippen LogP contribution in [0.3, 0.4) is 0 Å². The Morgan fingerprint density at radius 1 is 0.776 bits per heavy atom. The summed E-state index contributed by atoms with van der Waals surface area (Å²) < 4.78 is 4.10. The van der Waals surface area contributed by atoms with Crippen molar-refractivity contribution in [3.63, 3.8) is 0 Å². The van der Waals surface area contributed by atoms with Crippen molar-refractivity contribution in [3.05, 3.63) is 142 Å². The number of hydrogen-bond donors (Lipinski definition) is 3. The lowest BCUT2D eigenvalue weighted by Gasteiger charge is -2.12. The van der Waals surface area contributed by atoms with E-state index < -0.39 is 0 Å². The average molecular weight is 786 g/mol. The van der Waals surface area contributed by atoms with E-state index in [1.807, 2.05) is 61.6 Å². The van der Waals surface area contributed by atoms with Crippen molar-refractivity contribution in [2.24, 2.45) is 14.1 Å². The second kappa shape index (κ2) is 19.2. The highest BCUT2D eigenvalue weighted by atomic mass is 32.2. The maximum Gasteiger partial charge on any atom is 0.169 e. The summed E-state index contributed by atoms with van der Waals surface area (Å²) >= 11 is 1.16. The molecule has 0 unspecified atom stereocenters. The van der Waals surface area contributed by atoms with Crippen LogP contribution in [0.15, 0.2) is 96.6 Å². The van der Waals surface area contributed by atoms with Crippen LogP contribution >= 0.6 is 11.8 Å². The van der Waals surface area contributed by atoms with Crippen molar-refractivity contribution >= 4 is 53.8 Å². The number of rotatable bonds is 8. The van der Waals surface area contributed by atoms with Gasteiger partial charge in [0.05, 0.1) is 36.0 Å². The Balaban J connectivity index is 0.00000279. The topological polar surface area (TPSA) is 106 Å². The predicted molar refractivity (Wildman–Crippen MR) is 241 cm³/mol. The maximum absolute atomic E-state index is 9.37. The molecule has 0 atom stereocenters. The number of thioether (sulfide) groups is 1. The molecular formula is C49H53N8S+3. The van der Waals surface area contributed by atoms with Gasteiger partial charge in [0.15, 0.2) is 24.8 Å². The van der Waals surface area contributed by atoms with Crippen molar-refractivity contribution in [3.8, 4) is 38.8 Å². The smallest absolute Gasteiger partial charge is 0.169 e. The summed E-state index contributed by atoms with van der Waals surface area (Å²) in [6.45, 7) is 10.4. The third kappa shape index (κ3) is 8.94. The standard InChI is InChI=1S/C47H45N8S.C2H6/c1-7-32(20-25-49-4)45-38-10-9-11-39(51-38)47(33-12-14-36(15-13-33)56-30-48)43-19-18-42(53-43)46(35-23-28-55(6)29-24-35)37(8-2)50-31(3)44(40-16-17-41(45)52-40)34-21-26-54(5)27-22-34;1-2/h7,10-29,49,51H,8-9H2,1-6H3;1-2H3/q+1;/p+2/b25-20-,32-7+,45-41?,47-43?;. The van der Waals surface area contributed by atoms with Crippen LogP contribution < -0.4 is 25.1 Å². The van der Waals surface area contributed by atoms with Crippen LogP contribution in [0.1, 0.15) is 73.8 Å². The summed E-state index contributed by atoms with van der Waals surface area (Å²) in [5.41, 5.74) is 13.8. The second-order valence-corrected chi connectivity index (χ2v) is 14.6. The predicted octanol–water partition coefficient (Wildman–Crippen LogP) is 7.67. The average Bonchev–Trinajstić information content (AvgIpc) is 3.93. The van der Waals surface area contributed by atoms with Crippen molar-refractivity contribution < 1.29 is 14.5 Å². The van der Waals surface area contributed by atoms with Crippen LogP contribution in [-0.4, -0.2) is 27.0 Å². The zero-order valence-corrected chi connectivity index (χ0v) is 35.6. The number of benzene rings is 1. The van der Waals surface area contributed by atoms with E-state index >= 15 is 0 Å². The Morgan fingerprint density at radius 2 is 1.31 bits per heavy atom. The molecule has 3 aliphatic rings. The Bertz CT molecular complexity index is 2680. The molecule has 0 fully saturated rings. The van der Waals surface area contributed by atoms with E-state index in [4.69, 9.17) is 9.97 Å². The largest absolute Gasteiger partial charge is 0.361 e. The molecule has 58 heavy (non-hydrogen) atoms. The molecule has 292 valence electrons. The van der Waals surface area contributed by atoms with Crippen molar-refractivity contribution in [1.82, 2.24) is 19.9 Å². The van der Waals surface area contributed by atoms with Crippen LogP contribution in [0.2, 0.25) is 0 Å². The summed E-state index contributed by atoms with van der Waals surface area (Å²) in [7, 11) is 6.10. The van der Waals surface area contributed by atoms with Gasteiger partial charge in [0.1, 0.15) is 19.5 Å². The summed E-state index contributed by atoms with van der Waals surface area (Å²) in [6, 6.07) is 16.8. The van der Waals surface area contributed by atoms with E-state index in [1.165, 1.54) is 0 Å². The Kier molecular flexibility index (Phi) is 13.7. The van der Waals surface area contributed by atoms with Gasteiger partial charge in [-0.2, -0.15) is 5.26 Å². The minimum Gasteiger partial charge on any atom is -0.361 e. The number of nitrogens with two attached hydrogens (primary N) is 1. The van der Waals surface area contributed by atoms with Crippen LogP contribution in [0, 0.1) is 17.6 Å². The van der Waals surface area contributed by atoms with Gasteiger partial charge in [0.25, 0.3) is 0 Å². The van der Waals surface area contributed by atoms with Gasteiger partial charge in [-0.15, -0.1) is 0 Å². The Morgan fingerprint density at radius 3 is 1.90 bits per heavy atom. The molecule has 0 saturated heterocycles. The molecule has 0 saturated carbocycles. The SMILES string of the molecule is C/C=C(\C=C/[NH2+]C)c1c2nc(c(-c3cc[n+](C)cc3)c(C)[nH]c(CC)c(-c3cc[n+](C)cc3)c3nc(c(-c4ccc(SC#N)cc4)c4[nH]c1=CCC=4)C=C3)C=C2.CC. The monoisotopic (exact) mass is 785 g/mol. The molecule has 4 aromatic rings. The highest BCUT2D eigenvalue weighted by Gasteiger charge is 2.19. The molecule has 6 heterocycles. The van der Waals surface area contributed by atoms with E-state index in [9.17, 15) is 5.26 Å². The van der Waals surface area contributed by atoms with E-state index in [0.29, 0.717) is 0 Å². The first-order valence-corrected chi connectivity index (χ1v) is 20.8. The molecule has 0 aliphatic carbocycles. The second-order valence-electron chi connectivity index (χ2n) is 13.8. The van der Waals surface area contributed by atoms with E-state index in [2.05, 4.69) is 152 Å². The van der Waals surface area contributed by atoms with Crippen molar-refractivity contribution in [2.75, 3.05) is 7.05 Å². The minimum atomic E-state index is 0.718. The molecule has 0 amide bonds. The Hall–Kier alpha value is -6.34. The molecule has 0 spiro atoms. The van der Waals surface area contributed by atoms with E-state index in [-0.39, 0.29) is 0 Å². The van der Waals surface area contributed by atoms with Crippen LogP contribution in [0.5, 0.6) is 0 Å². The molecule has 4 N–H and O–H groups in total. The lowest BCUT2D eigenvalue weighted by Crippen LogP contribution is -2.72. The van der Waals surface area contributed by atoms with Crippen LogP contribution in [0.25, 0.3) is 75.4 Å². The van der Waals surface area contributed by atoms with E-state index in [1.54, 1.807) is 0 Å². The molecular weight excluding hydrogens is 733 g/mol. The Labute approximate surface area is 346 Å². The first-order chi connectivity index (χ1) is 28.3. The number of aromatic amines is 2. The highest BCUT2D eigenvalue weighted by Crippen LogP contribution is 2.33. The summed E-state index contributed by atoms with van der Waals surface area (Å²) in [4.78, 5) is 19.6. The third-order valence-electron chi connectivity index (χ3n) is 10.0. The number of pyridine rings is 2. The normalized spacial score (nSPS) is 12.4. The lowest BCUT2D eigenvalue weighted by atomic mass is 10.0. The number of thiocyanates is 1. The number of aromatic nitrogens is 6. The van der Waals surface area contributed by atoms with Crippen LogP contribution in [-0.2, 0) is 20.5 Å². The number of allylic oxidation sites excluding steroid dienone is 3. The van der Waals surface area contributed by atoms with E-state index in [0.717, 1.165) is 119 Å². The van der Waals surface area contributed by atoms with Gasteiger partial charge in [-0.1, -0.05) is 51.1 Å². The molecule has 3 aliphatic heterocycles. The number of H-pyrrole nitrogens is 2. The number of aryl methyl sites for hydroxylation is 4. The van der Waals surface area contributed by atoms with Crippen LogP contribution in [0.4, 0.5) is 0 Å². The third-order valence-corrected chi connectivity index (χ3v) is 10.6. The molecule has 8 nitrogen and oxygen atoms in total. The van der Waals surface area contributed by atoms with Gasteiger partial charge >= 0.3 is 0 Å². The summed E-state index contributed by atoms with van der Waals surface area (Å²) in [6.07, 6.45) is 29.2. The first kappa shape index (κ1) is 41.3. The van der Waals surface area contributed by atoms with Gasteiger partial charge in [-0.05, 0) is 103 Å². The van der Waals surface area contributed by atoms with Crippen molar-refractivity contribution in [1.29, 1.82) is 5.26 Å². The quantitative estimate of drug-likeness (QED) is 0.0638. The molecule has 0 radical (unpaired) electrons. The summed E-state index contributed by atoms with van der Waals surface area (Å²) in [5.74, 6) is 0. The summed E-state index contributed by atoms with van der Waals surface area (Å²) in [5, 5.41) is 15.6. The van der Waals surface area contributed by atoms with Gasteiger partial charge < -0.3 is 15.3 Å². The number of nitrogens with one attached hydrogen (secondary N) is 2. The molecule has 7 rings (SSSR count). The number of fused-ring (bicyclic) bond motifs is 6. The lowest BCUT2D eigenvalue weighted by molar-refractivity contribution is -0.671. The molecule has 1 aromatic carbocycles. The maximum atomic E-state index is 9.37. The zero-order valence-electron chi connectivity index (χ0n) is 34.8. The fourth-order valence-electron chi connectivity index (χ4n) is 7.29. The van der Waals surface area contributed by atoms with Crippen molar-refractivity contribution in [2.45, 2.75) is 52.4 Å². The molecule has 6 bridgehead atoms. The highest BCUT2D eigenvalue weighted by molar-refractivity contribution is 8.03. The molecule has 9 heteroatoms.